The summed E-state index contributed by atoms with van der Waals surface area (Å²) in [4.78, 5) is 55.2. The number of aromatic amines is 1. The fraction of sp³-hybridized carbons (Fsp3) is 0.400. The number of H-pyrrole nitrogens is 1. The Morgan fingerprint density at radius 2 is 1.36 bits per heavy atom. The van der Waals surface area contributed by atoms with E-state index in [-0.39, 0.29) is 19.3 Å². The predicted molar refractivity (Wildman–Crippen MR) is 170 cm³/mol. The van der Waals surface area contributed by atoms with Gasteiger partial charge in [-0.1, -0.05) is 48.5 Å². The van der Waals surface area contributed by atoms with Crippen LogP contribution in [0.25, 0.3) is 10.9 Å². The van der Waals surface area contributed by atoms with E-state index in [4.69, 9.17) is 5.73 Å². The zero-order valence-corrected chi connectivity index (χ0v) is 25.4. The lowest BCUT2D eigenvalue weighted by atomic mass is 10.0. The summed E-state index contributed by atoms with van der Waals surface area (Å²) in [7, 11) is 0. The Morgan fingerprint density at radius 1 is 0.786 bits per heavy atom. The first-order valence-electron chi connectivity index (χ1n) is 13.7. The molecule has 4 atom stereocenters. The average molecular weight is 614 g/mol. The number of para-hydroxylation sites is 1. The summed E-state index contributed by atoms with van der Waals surface area (Å²) in [6.07, 6.45) is 6.52. The summed E-state index contributed by atoms with van der Waals surface area (Å²) in [5, 5.41) is 18.8. The maximum atomic E-state index is 13.7. The van der Waals surface area contributed by atoms with Crippen molar-refractivity contribution in [3.8, 4) is 0 Å². The second-order valence-electron chi connectivity index (χ2n) is 9.94. The van der Waals surface area contributed by atoms with Crippen LogP contribution in [0.4, 0.5) is 0 Å². The summed E-state index contributed by atoms with van der Waals surface area (Å²) in [5.74, 6) is -1.57. The highest BCUT2D eigenvalue weighted by Crippen LogP contribution is 2.19. The van der Waals surface area contributed by atoms with E-state index in [0.717, 1.165) is 22.0 Å². The van der Waals surface area contributed by atoms with Gasteiger partial charge in [-0.2, -0.15) is 23.5 Å². The number of nitrogens with one attached hydrogen (secondary N) is 4. The Balaban J connectivity index is 1.87. The molecule has 0 spiro atoms. The van der Waals surface area contributed by atoms with Crippen LogP contribution in [-0.2, 0) is 32.0 Å². The quantitative estimate of drug-likeness (QED) is 0.135. The number of carboxylic acids is 1. The first-order valence-corrected chi connectivity index (χ1v) is 16.5. The van der Waals surface area contributed by atoms with Gasteiger partial charge in [0.15, 0.2) is 0 Å². The minimum atomic E-state index is -1.15. The van der Waals surface area contributed by atoms with Crippen molar-refractivity contribution in [1.29, 1.82) is 0 Å². The fourth-order valence-corrected chi connectivity index (χ4v) is 5.44. The normalized spacial score (nSPS) is 14.0. The Kier molecular flexibility index (Phi) is 13.2. The average Bonchev–Trinajstić information content (AvgIpc) is 3.40. The molecule has 42 heavy (non-hydrogen) atoms. The molecule has 1 aromatic heterocycles. The van der Waals surface area contributed by atoms with Gasteiger partial charge in [0.2, 0.25) is 17.7 Å². The van der Waals surface area contributed by atoms with E-state index >= 15 is 0 Å². The molecule has 1 heterocycles. The number of thioether (sulfide) groups is 2. The Morgan fingerprint density at radius 3 is 2.02 bits per heavy atom. The van der Waals surface area contributed by atoms with Gasteiger partial charge in [0.05, 0.1) is 6.04 Å². The number of carbonyl (C=O) groups is 4. The number of nitrogens with two attached hydrogens (primary N) is 1. The minimum absolute atomic E-state index is 0.107. The Labute approximate surface area is 254 Å². The van der Waals surface area contributed by atoms with Crippen molar-refractivity contribution in [3.63, 3.8) is 0 Å². The molecule has 12 heteroatoms. The van der Waals surface area contributed by atoms with Crippen LogP contribution in [0.2, 0.25) is 0 Å². The zero-order chi connectivity index (χ0) is 30.5. The standard InChI is InChI=1S/C30H39N5O5S2/c1-41-14-12-22(31)27(36)34-25(16-19-8-4-3-5-9-19)28(37)35-26(29(38)33-24(30(39)40)13-15-42-2)17-20-18-32-23-11-7-6-10-21(20)23/h3-11,18,22,24-26,32H,12-17,31H2,1-2H3,(H,33,38)(H,34,36)(H,35,37)(H,39,40). The van der Waals surface area contributed by atoms with E-state index in [2.05, 4.69) is 20.9 Å². The van der Waals surface area contributed by atoms with Gasteiger partial charge < -0.3 is 31.8 Å². The van der Waals surface area contributed by atoms with Crippen LogP contribution in [0, 0.1) is 0 Å². The number of aliphatic carboxylic acids is 1. The van der Waals surface area contributed by atoms with Crippen LogP contribution in [0.1, 0.15) is 24.0 Å². The van der Waals surface area contributed by atoms with Crippen molar-refractivity contribution in [1.82, 2.24) is 20.9 Å². The van der Waals surface area contributed by atoms with Crippen molar-refractivity contribution in [2.45, 2.75) is 49.9 Å². The fourth-order valence-electron chi connectivity index (χ4n) is 4.48. The number of hydrogen-bond donors (Lipinski definition) is 6. The van der Waals surface area contributed by atoms with Gasteiger partial charge in [-0.15, -0.1) is 0 Å². The van der Waals surface area contributed by atoms with Gasteiger partial charge in [0.25, 0.3) is 0 Å². The Bertz CT molecular complexity index is 1340. The molecule has 3 rings (SSSR count). The molecule has 0 saturated carbocycles. The number of amides is 3. The highest BCUT2D eigenvalue weighted by atomic mass is 32.2. The maximum Gasteiger partial charge on any atom is 0.326 e. The third-order valence-electron chi connectivity index (χ3n) is 6.84. The SMILES string of the molecule is CSCCC(N)C(=O)NC(Cc1ccccc1)C(=O)NC(Cc1c[nH]c2ccccc12)C(=O)NC(CCSC)C(=O)O. The molecule has 0 aliphatic rings. The van der Waals surface area contributed by atoms with Gasteiger partial charge in [0, 0.05) is 29.9 Å². The van der Waals surface area contributed by atoms with Crippen LogP contribution in [0.5, 0.6) is 0 Å². The number of benzene rings is 2. The lowest BCUT2D eigenvalue weighted by molar-refractivity contribution is -0.142. The smallest absolute Gasteiger partial charge is 0.326 e. The summed E-state index contributed by atoms with van der Waals surface area (Å²) < 4.78 is 0. The summed E-state index contributed by atoms with van der Waals surface area (Å²) in [5.41, 5.74) is 8.55. The molecular weight excluding hydrogens is 574 g/mol. The monoisotopic (exact) mass is 613 g/mol. The molecule has 2 aromatic carbocycles. The molecule has 0 fully saturated rings. The highest BCUT2D eigenvalue weighted by Gasteiger charge is 2.31. The Hall–Kier alpha value is -3.48. The molecule has 0 bridgehead atoms. The van der Waals surface area contributed by atoms with Crippen LogP contribution in [0.15, 0.2) is 60.8 Å². The lowest BCUT2D eigenvalue weighted by Crippen LogP contribution is -2.58. The van der Waals surface area contributed by atoms with Crippen molar-refractivity contribution in [3.05, 3.63) is 71.9 Å². The maximum absolute atomic E-state index is 13.7. The van der Waals surface area contributed by atoms with E-state index in [9.17, 15) is 24.3 Å². The molecule has 4 unspecified atom stereocenters. The largest absolute Gasteiger partial charge is 0.480 e. The summed E-state index contributed by atoms with van der Waals surface area (Å²) >= 11 is 3.05. The topological polar surface area (TPSA) is 166 Å². The third kappa shape index (κ3) is 9.81. The molecule has 3 aromatic rings. The molecule has 0 saturated heterocycles. The molecule has 3 amide bonds. The van der Waals surface area contributed by atoms with E-state index in [0.29, 0.717) is 17.9 Å². The second kappa shape index (κ2) is 16.8. The van der Waals surface area contributed by atoms with Crippen LogP contribution in [0.3, 0.4) is 0 Å². The molecular formula is C30H39N5O5S2. The summed E-state index contributed by atoms with van der Waals surface area (Å²) in [6.45, 7) is 0. The van der Waals surface area contributed by atoms with E-state index < -0.39 is 47.9 Å². The molecule has 0 aliphatic carbocycles. The van der Waals surface area contributed by atoms with Gasteiger partial charge in [-0.3, -0.25) is 14.4 Å². The first-order chi connectivity index (χ1) is 20.2. The van der Waals surface area contributed by atoms with Gasteiger partial charge >= 0.3 is 5.97 Å². The molecule has 0 radical (unpaired) electrons. The van der Waals surface area contributed by atoms with E-state index in [1.807, 2.05) is 67.1 Å². The molecule has 10 nitrogen and oxygen atoms in total. The second-order valence-corrected chi connectivity index (χ2v) is 11.9. The number of fused-ring (bicyclic) bond motifs is 1. The van der Waals surface area contributed by atoms with Crippen molar-refractivity contribution >= 4 is 58.1 Å². The van der Waals surface area contributed by atoms with Crippen molar-refractivity contribution in [2.24, 2.45) is 5.73 Å². The number of carbonyl (C=O) groups excluding carboxylic acids is 3. The van der Waals surface area contributed by atoms with E-state index in [1.54, 1.807) is 18.0 Å². The lowest BCUT2D eigenvalue weighted by Gasteiger charge is -2.25. The van der Waals surface area contributed by atoms with Crippen molar-refractivity contribution < 1.29 is 24.3 Å². The van der Waals surface area contributed by atoms with Gasteiger partial charge in [0.1, 0.15) is 18.1 Å². The van der Waals surface area contributed by atoms with Gasteiger partial charge in [-0.25, -0.2) is 4.79 Å². The minimum Gasteiger partial charge on any atom is -0.480 e. The van der Waals surface area contributed by atoms with Gasteiger partial charge in [-0.05, 0) is 54.1 Å². The zero-order valence-electron chi connectivity index (χ0n) is 23.8. The number of carboxylic acid groups (broad SMARTS) is 1. The first kappa shape index (κ1) is 33.0. The van der Waals surface area contributed by atoms with Crippen LogP contribution < -0.4 is 21.7 Å². The predicted octanol–water partition coefficient (Wildman–Crippen LogP) is 2.33. The number of hydrogen-bond acceptors (Lipinski definition) is 7. The number of aromatic nitrogens is 1. The third-order valence-corrected chi connectivity index (χ3v) is 8.13. The van der Waals surface area contributed by atoms with E-state index in [1.165, 1.54) is 11.8 Å². The summed E-state index contributed by atoms with van der Waals surface area (Å²) in [6, 6.07) is 12.8. The molecule has 226 valence electrons. The highest BCUT2D eigenvalue weighted by molar-refractivity contribution is 7.98. The van der Waals surface area contributed by atoms with Crippen LogP contribution in [-0.4, -0.2) is 82.0 Å². The van der Waals surface area contributed by atoms with Crippen molar-refractivity contribution in [2.75, 3.05) is 24.0 Å². The molecule has 0 aliphatic heterocycles. The van der Waals surface area contributed by atoms with Crippen LogP contribution >= 0.6 is 23.5 Å². The molecule has 7 N–H and O–H groups in total. The number of rotatable bonds is 17.